The van der Waals surface area contributed by atoms with E-state index < -0.39 is 0 Å². The van der Waals surface area contributed by atoms with Gasteiger partial charge >= 0.3 is 0 Å². The van der Waals surface area contributed by atoms with Crippen molar-refractivity contribution in [2.45, 2.75) is 45.2 Å². The minimum Gasteiger partial charge on any atom is -0.338 e. The summed E-state index contributed by atoms with van der Waals surface area (Å²) in [5.74, 6) is 0.646. The van der Waals surface area contributed by atoms with Crippen LogP contribution < -0.4 is 0 Å². The molecule has 0 spiro atoms. The molecule has 130 valence electrons. The summed E-state index contributed by atoms with van der Waals surface area (Å²) < 4.78 is 14.6. The smallest absolute Gasteiger partial charge is 0.138 e. The number of benzene rings is 2. The highest BCUT2D eigenvalue weighted by molar-refractivity contribution is 5.82. The molecule has 1 unspecified atom stereocenters. The third kappa shape index (κ3) is 3.19. The van der Waals surface area contributed by atoms with Crippen LogP contribution in [0.1, 0.15) is 38.2 Å². The number of hydrogen-bond donors (Lipinski definition) is 1. The molecule has 1 atom stereocenters. The van der Waals surface area contributed by atoms with Gasteiger partial charge in [-0.05, 0) is 37.9 Å². The van der Waals surface area contributed by atoms with E-state index in [9.17, 15) is 4.39 Å². The summed E-state index contributed by atoms with van der Waals surface area (Å²) in [7, 11) is 0. The number of rotatable bonds is 4. The van der Waals surface area contributed by atoms with Gasteiger partial charge in [0.1, 0.15) is 11.6 Å². The number of aromatic amines is 1. The number of nitrogens with zero attached hydrogens (tertiary/aromatic N) is 2. The van der Waals surface area contributed by atoms with E-state index in [2.05, 4.69) is 16.8 Å². The van der Waals surface area contributed by atoms with Gasteiger partial charge < -0.3 is 4.98 Å². The van der Waals surface area contributed by atoms with Crippen LogP contribution in [0, 0.1) is 5.82 Å². The summed E-state index contributed by atoms with van der Waals surface area (Å²) in [5, 5.41) is 0. The summed E-state index contributed by atoms with van der Waals surface area (Å²) >= 11 is 0. The third-order valence-corrected chi connectivity index (χ3v) is 5.33. The van der Waals surface area contributed by atoms with E-state index >= 15 is 0 Å². The highest BCUT2D eigenvalue weighted by Gasteiger charge is 2.23. The molecule has 25 heavy (non-hydrogen) atoms. The number of hydrogen-bond acceptors (Lipinski definition) is 2. The van der Waals surface area contributed by atoms with Gasteiger partial charge in [0.2, 0.25) is 0 Å². The van der Waals surface area contributed by atoms with Crippen molar-refractivity contribution in [1.82, 2.24) is 14.9 Å². The Hall–Kier alpha value is -2.20. The van der Waals surface area contributed by atoms with Crippen LogP contribution in [-0.2, 0) is 6.54 Å². The summed E-state index contributed by atoms with van der Waals surface area (Å²) in [5.41, 5.74) is 3.41. The first-order valence-corrected chi connectivity index (χ1v) is 9.23. The molecule has 1 aromatic heterocycles. The lowest BCUT2D eigenvalue weighted by Crippen LogP contribution is -2.38. The minimum atomic E-state index is -0.154. The molecule has 1 aliphatic heterocycles. The Kier molecular flexibility index (Phi) is 4.53. The summed E-state index contributed by atoms with van der Waals surface area (Å²) in [6, 6.07) is 13.9. The SMILES string of the molecule is CCC1CCCCN1Cc1c(F)ccc2[nH]c(-c3ccccc3)nc12. The first-order chi connectivity index (χ1) is 12.3. The fraction of sp³-hybridized carbons (Fsp3) is 0.381. The van der Waals surface area contributed by atoms with Gasteiger partial charge in [-0.25, -0.2) is 9.37 Å². The molecular weight excluding hydrogens is 313 g/mol. The highest BCUT2D eigenvalue weighted by Crippen LogP contribution is 2.28. The van der Waals surface area contributed by atoms with Crippen molar-refractivity contribution < 1.29 is 4.39 Å². The molecule has 1 saturated heterocycles. The second kappa shape index (κ2) is 6.96. The second-order valence-corrected chi connectivity index (χ2v) is 6.90. The predicted octanol–water partition coefficient (Wildman–Crippen LogP) is 5.13. The van der Waals surface area contributed by atoms with Gasteiger partial charge in [0.05, 0.1) is 11.0 Å². The molecule has 0 aliphatic carbocycles. The summed E-state index contributed by atoms with van der Waals surface area (Å²) in [6.07, 6.45) is 4.81. The fourth-order valence-corrected chi connectivity index (χ4v) is 3.92. The molecule has 1 aliphatic rings. The maximum atomic E-state index is 14.6. The molecule has 4 heteroatoms. The molecule has 0 radical (unpaired) electrons. The van der Waals surface area contributed by atoms with E-state index in [-0.39, 0.29) is 5.82 Å². The number of likely N-dealkylation sites (tertiary alicyclic amines) is 1. The Labute approximate surface area is 147 Å². The molecule has 0 saturated carbocycles. The molecule has 0 amide bonds. The number of aromatic nitrogens is 2. The normalized spacial score (nSPS) is 18.7. The standard InChI is InChI=1S/C21H24FN3/c1-2-16-10-6-7-13-25(16)14-17-18(22)11-12-19-20(17)24-21(23-19)15-8-4-3-5-9-15/h3-5,8-9,11-12,16H,2,6-7,10,13-14H2,1H3,(H,23,24). The first-order valence-electron chi connectivity index (χ1n) is 9.23. The van der Waals surface area contributed by atoms with Gasteiger partial charge in [-0.3, -0.25) is 4.90 Å². The van der Waals surface area contributed by atoms with Crippen LogP contribution >= 0.6 is 0 Å². The van der Waals surface area contributed by atoms with Crippen LogP contribution in [0.15, 0.2) is 42.5 Å². The van der Waals surface area contributed by atoms with Gasteiger partial charge in [0, 0.05) is 23.7 Å². The van der Waals surface area contributed by atoms with Crippen molar-refractivity contribution in [3.8, 4) is 11.4 Å². The molecular formula is C21H24FN3. The number of halogens is 1. The molecule has 1 N–H and O–H groups in total. The van der Waals surface area contributed by atoms with Crippen molar-refractivity contribution in [2.24, 2.45) is 0 Å². The van der Waals surface area contributed by atoms with Crippen molar-refractivity contribution in [3.05, 3.63) is 53.8 Å². The Bertz CT molecular complexity index is 856. The van der Waals surface area contributed by atoms with Crippen LogP contribution in [0.4, 0.5) is 4.39 Å². The lowest BCUT2D eigenvalue weighted by Gasteiger charge is -2.35. The zero-order valence-corrected chi connectivity index (χ0v) is 14.6. The molecule has 2 aromatic carbocycles. The van der Waals surface area contributed by atoms with E-state index in [0.717, 1.165) is 41.0 Å². The monoisotopic (exact) mass is 337 g/mol. The van der Waals surface area contributed by atoms with E-state index in [4.69, 9.17) is 4.98 Å². The molecule has 2 heterocycles. The zero-order chi connectivity index (χ0) is 17.2. The van der Waals surface area contributed by atoms with Crippen molar-refractivity contribution in [1.29, 1.82) is 0 Å². The van der Waals surface area contributed by atoms with Crippen LogP contribution in [0.5, 0.6) is 0 Å². The minimum absolute atomic E-state index is 0.154. The summed E-state index contributed by atoms with van der Waals surface area (Å²) in [4.78, 5) is 10.5. The highest BCUT2D eigenvalue weighted by atomic mass is 19.1. The largest absolute Gasteiger partial charge is 0.338 e. The number of nitrogens with one attached hydrogen (secondary N) is 1. The Balaban J connectivity index is 1.72. The zero-order valence-electron chi connectivity index (χ0n) is 14.6. The maximum Gasteiger partial charge on any atom is 0.138 e. The maximum absolute atomic E-state index is 14.6. The second-order valence-electron chi connectivity index (χ2n) is 6.90. The van der Waals surface area contributed by atoms with Gasteiger partial charge in [-0.2, -0.15) is 0 Å². The Morgan fingerprint density at radius 1 is 1.16 bits per heavy atom. The lowest BCUT2D eigenvalue weighted by atomic mass is 9.99. The predicted molar refractivity (Wildman–Crippen MR) is 99.8 cm³/mol. The molecule has 1 fully saturated rings. The van der Waals surface area contributed by atoms with Crippen LogP contribution in [0.3, 0.4) is 0 Å². The summed E-state index contributed by atoms with van der Waals surface area (Å²) in [6.45, 7) is 3.91. The van der Waals surface area contributed by atoms with Gasteiger partial charge in [-0.1, -0.05) is 43.7 Å². The van der Waals surface area contributed by atoms with E-state index in [1.54, 1.807) is 12.1 Å². The van der Waals surface area contributed by atoms with Crippen molar-refractivity contribution in [3.63, 3.8) is 0 Å². The number of piperidine rings is 1. The topological polar surface area (TPSA) is 31.9 Å². The van der Waals surface area contributed by atoms with E-state index in [1.165, 1.54) is 19.3 Å². The van der Waals surface area contributed by atoms with E-state index in [0.29, 0.717) is 12.6 Å². The quantitative estimate of drug-likeness (QED) is 0.715. The molecule has 4 rings (SSSR count). The van der Waals surface area contributed by atoms with Crippen LogP contribution in [0.25, 0.3) is 22.4 Å². The molecule has 3 aromatic rings. The molecule has 3 nitrogen and oxygen atoms in total. The van der Waals surface area contributed by atoms with Gasteiger partial charge in [0.15, 0.2) is 0 Å². The van der Waals surface area contributed by atoms with E-state index in [1.807, 2.05) is 30.3 Å². The van der Waals surface area contributed by atoms with Gasteiger partial charge in [-0.15, -0.1) is 0 Å². The van der Waals surface area contributed by atoms with Crippen LogP contribution in [0.2, 0.25) is 0 Å². The Morgan fingerprint density at radius 2 is 2.00 bits per heavy atom. The van der Waals surface area contributed by atoms with Crippen molar-refractivity contribution >= 4 is 11.0 Å². The number of imidazole rings is 1. The number of H-pyrrole nitrogens is 1. The fourth-order valence-electron chi connectivity index (χ4n) is 3.92. The third-order valence-electron chi connectivity index (χ3n) is 5.33. The lowest BCUT2D eigenvalue weighted by molar-refractivity contribution is 0.135. The first kappa shape index (κ1) is 16.3. The average Bonchev–Trinajstić information content (AvgIpc) is 3.10. The Morgan fingerprint density at radius 3 is 2.80 bits per heavy atom. The number of fused-ring (bicyclic) bond motifs is 1. The van der Waals surface area contributed by atoms with Crippen LogP contribution in [-0.4, -0.2) is 27.5 Å². The average molecular weight is 337 g/mol. The van der Waals surface area contributed by atoms with Crippen molar-refractivity contribution in [2.75, 3.05) is 6.54 Å². The van der Waals surface area contributed by atoms with Gasteiger partial charge in [0.25, 0.3) is 0 Å². The molecule has 0 bridgehead atoms.